The predicted molar refractivity (Wildman–Crippen MR) is 108 cm³/mol. The van der Waals surface area contributed by atoms with Crippen molar-refractivity contribution < 1.29 is 9.26 Å². The molecule has 2 aromatic heterocycles. The average molecular weight is 402 g/mol. The molecule has 0 bridgehead atoms. The summed E-state index contributed by atoms with van der Waals surface area (Å²) in [6.45, 7) is 3.06. The third-order valence-corrected chi connectivity index (χ3v) is 4.98. The normalized spacial score (nSPS) is 11.3. The second kappa shape index (κ2) is 7.25. The van der Waals surface area contributed by atoms with Crippen LogP contribution in [0.15, 0.2) is 47.1 Å². The minimum absolute atomic E-state index is 0.393. The Morgan fingerprint density at radius 3 is 2.63 bits per heavy atom. The Balaban J connectivity index is 1.71. The molecular formula is C20H17Cl2N3O2. The first-order valence-electron chi connectivity index (χ1n) is 8.57. The summed E-state index contributed by atoms with van der Waals surface area (Å²) >= 11 is 12.6. The summed E-state index contributed by atoms with van der Waals surface area (Å²) in [6, 6.07) is 11.3. The van der Waals surface area contributed by atoms with Gasteiger partial charge in [-0.15, -0.1) is 0 Å². The highest BCUT2D eigenvalue weighted by Crippen LogP contribution is 2.32. The topological polar surface area (TPSA) is 53.1 Å². The molecule has 2 aromatic carbocycles. The number of ether oxygens (including phenoxy) is 1. The number of fused-ring (bicyclic) bond motifs is 1. The average Bonchev–Trinajstić information content (AvgIpc) is 3.28. The molecule has 27 heavy (non-hydrogen) atoms. The van der Waals surface area contributed by atoms with Gasteiger partial charge in [-0.25, -0.2) is 0 Å². The Morgan fingerprint density at radius 2 is 1.89 bits per heavy atom. The van der Waals surface area contributed by atoms with Gasteiger partial charge >= 0.3 is 0 Å². The molecule has 7 heteroatoms. The molecule has 0 aliphatic heterocycles. The summed E-state index contributed by atoms with van der Waals surface area (Å²) in [7, 11) is 1.57. The highest BCUT2D eigenvalue weighted by atomic mass is 35.5. The second-order valence-electron chi connectivity index (χ2n) is 6.17. The van der Waals surface area contributed by atoms with Crippen LogP contribution < -0.4 is 4.74 Å². The summed E-state index contributed by atoms with van der Waals surface area (Å²) < 4.78 is 12.7. The summed E-state index contributed by atoms with van der Waals surface area (Å²) in [6.07, 6.45) is 3.00. The number of hydrogen-bond donors (Lipinski definition) is 0. The van der Waals surface area contributed by atoms with Crippen molar-refractivity contribution in [2.75, 3.05) is 7.11 Å². The van der Waals surface area contributed by atoms with Gasteiger partial charge in [0.15, 0.2) is 0 Å². The highest BCUT2D eigenvalue weighted by Gasteiger charge is 2.14. The first kappa shape index (κ1) is 17.9. The first-order chi connectivity index (χ1) is 13.1. The zero-order valence-corrected chi connectivity index (χ0v) is 16.4. The zero-order valence-electron chi connectivity index (χ0n) is 14.9. The molecule has 4 aromatic rings. The van der Waals surface area contributed by atoms with E-state index in [9.17, 15) is 0 Å². The Bertz CT molecular complexity index is 1120. The Kier molecular flexibility index (Phi) is 4.81. The fourth-order valence-electron chi connectivity index (χ4n) is 3.08. The SMILES string of the molecule is CCCn1cc(Cl)c2cc(-c3noc(-c4ccc(OC)c(Cl)c4)n3)ccc21. The van der Waals surface area contributed by atoms with E-state index in [4.69, 9.17) is 32.5 Å². The molecule has 0 aliphatic carbocycles. The van der Waals surface area contributed by atoms with Crippen molar-refractivity contribution in [3.63, 3.8) is 0 Å². The Hall–Kier alpha value is -2.50. The van der Waals surface area contributed by atoms with Gasteiger partial charge in [0, 0.05) is 34.8 Å². The van der Waals surface area contributed by atoms with Crippen molar-refractivity contribution in [3.05, 3.63) is 52.6 Å². The molecule has 5 nitrogen and oxygen atoms in total. The van der Waals surface area contributed by atoms with Crippen LogP contribution in [0.25, 0.3) is 33.7 Å². The minimum Gasteiger partial charge on any atom is -0.495 e. The highest BCUT2D eigenvalue weighted by molar-refractivity contribution is 6.35. The van der Waals surface area contributed by atoms with Crippen molar-refractivity contribution in [1.29, 1.82) is 0 Å². The lowest BCUT2D eigenvalue weighted by molar-refractivity contribution is 0.414. The maximum absolute atomic E-state index is 6.41. The van der Waals surface area contributed by atoms with Crippen molar-refractivity contribution in [2.45, 2.75) is 19.9 Å². The Morgan fingerprint density at radius 1 is 1.07 bits per heavy atom. The quantitative estimate of drug-likeness (QED) is 0.406. The van der Waals surface area contributed by atoms with E-state index < -0.39 is 0 Å². The van der Waals surface area contributed by atoms with Gasteiger partial charge in [0.05, 0.1) is 17.2 Å². The van der Waals surface area contributed by atoms with Gasteiger partial charge in [-0.3, -0.25) is 0 Å². The zero-order chi connectivity index (χ0) is 19.0. The fraction of sp³-hybridized carbons (Fsp3) is 0.200. The van der Waals surface area contributed by atoms with Crippen LogP contribution in [-0.2, 0) is 6.54 Å². The van der Waals surface area contributed by atoms with E-state index in [1.165, 1.54) is 0 Å². The van der Waals surface area contributed by atoms with Crippen LogP contribution in [0.3, 0.4) is 0 Å². The molecule has 0 fully saturated rings. The third-order valence-electron chi connectivity index (χ3n) is 4.38. The van der Waals surface area contributed by atoms with Crippen molar-refractivity contribution in [3.8, 4) is 28.6 Å². The number of nitrogens with zero attached hydrogens (tertiary/aromatic N) is 3. The molecule has 0 amide bonds. The molecule has 4 rings (SSSR count). The van der Waals surface area contributed by atoms with E-state index in [0.29, 0.717) is 27.5 Å². The lowest BCUT2D eigenvalue weighted by Crippen LogP contribution is -1.93. The number of aromatic nitrogens is 3. The number of hydrogen-bond acceptors (Lipinski definition) is 4. The number of benzene rings is 2. The van der Waals surface area contributed by atoms with Gasteiger partial charge in [-0.05, 0) is 42.8 Å². The molecule has 0 N–H and O–H groups in total. The molecule has 0 saturated carbocycles. The van der Waals surface area contributed by atoms with Crippen molar-refractivity contribution >= 4 is 34.1 Å². The molecule has 0 aliphatic rings. The van der Waals surface area contributed by atoms with Crippen molar-refractivity contribution in [2.24, 2.45) is 0 Å². The van der Waals surface area contributed by atoms with Gasteiger partial charge in [0.1, 0.15) is 5.75 Å². The molecule has 2 heterocycles. The maximum Gasteiger partial charge on any atom is 0.258 e. The summed E-state index contributed by atoms with van der Waals surface area (Å²) in [4.78, 5) is 4.50. The van der Waals surface area contributed by atoms with E-state index >= 15 is 0 Å². The summed E-state index contributed by atoms with van der Waals surface area (Å²) in [5.41, 5.74) is 2.66. The van der Waals surface area contributed by atoms with Crippen LogP contribution in [-0.4, -0.2) is 21.8 Å². The van der Waals surface area contributed by atoms with Gasteiger partial charge < -0.3 is 13.8 Å². The lowest BCUT2D eigenvalue weighted by atomic mass is 10.1. The van der Waals surface area contributed by atoms with Crippen LogP contribution in [0, 0.1) is 0 Å². The van der Waals surface area contributed by atoms with Gasteiger partial charge in [0.25, 0.3) is 5.89 Å². The van der Waals surface area contributed by atoms with Crippen LogP contribution in [0.1, 0.15) is 13.3 Å². The standard InChI is InChI=1S/C20H17Cl2N3O2/c1-3-8-25-11-16(22)14-9-12(4-6-17(14)25)19-23-20(27-24-19)13-5-7-18(26-2)15(21)10-13/h4-7,9-11H,3,8H2,1-2H3. The van der Waals surface area contributed by atoms with E-state index in [-0.39, 0.29) is 0 Å². The van der Waals surface area contributed by atoms with Gasteiger partial charge in [-0.1, -0.05) is 35.3 Å². The second-order valence-corrected chi connectivity index (χ2v) is 6.99. The number of rotatable bonds is 5. The van der Waals surface area contributed by atoms with Crippen molar-refractivity contribution in [1.82, 2.24) is 14.7 Å². The maximum atomic E-state index is 6.41. The molecule has 0 spiro atoms. The van der Waals surface area contributed by atoms with E-state index in [1.54, 1.807) is 19.2 Å². The smallest absolute Gasteiger partial charge is 0.258 e. The molecule has 138 valence electrons. The third kappa shape index (κ3) is 3.29. The molecule has 0 unspecified atom stereocenters. The van der Waals surface area contributed by atoms with Crippen LogP contribution >= 0.6 is 23.2 Å². The van der Waals surface area contributed by atoms with Crippen LogP contribution in [0.5, 0.6) is 5.75 Å². The van der Waals surface area contributed by atoms with Gasteiger partial charge in [-0.2, -0.15) is 4.98 Å². The molecule has 0 radical (unpaired) electrons. The molecule has 0 saturated heterocycles. The lowest BCUT2D eigenvalue weighted by Gasteiger charge is -2.03. The monoisotopic (exact) mass is 401 g/mol. The number of methoxy groups -OCH3 is 1. The Labute approximate surface area is 166 Å². The van der Waals surface area contributed by atoms with E-state index in [0.717, 1.165) is 35.0 Å². The molecular weight excluding hydrogens is 385 g/mol. The fourth-order valence-corrected chi connectivity index (χ4v) is 3.60. The number of halogens is 2. The molecule has 0 atom stereocenters. The van der Waals surface area contributed by atoms with E-state index in [2.05, 4.69) is 21.6 Å². The van der Waals surface area contributed by atoms with Crippen LogP contribution in [0.4, 0.5) is 0 Å². The predicted octanol–water partition coefficient (Wildman–Crippen LogP) is 6.08. The van der Waals surface area contributed by atoms with Gasteiger partial charge in [0.2, 0.25) is 5.82 Å². The summed E-state index contributed by atoms with van der Waals surface area (Å²) in [5, 5.41) is 6.28. The largest absolute Gasteiger partial charge is 0.495 e. The minimum atomic E-state index is 0.393. The summed E-state index contributed by atoms with van der Waals surface area (Å²) in [5.74, 6) is 1.49. The van der Waals surface area contributed by atoms with E-state index in [1.807, 2.05) is 30.5 Å². The first-order valence-corrected chi connectivity index (χ1v) is 9.32. The number of aryl methyl sites for hydroxylation is 1. The van der Waals surface area contributed by atoms with Crippen LogP contribution in [0.2, 0.25) is 10.0 Å².